The molecule has 37 heavy (non-hydrogen) atoms. The molecule has 6 rings (SSSR count). The average molecular weight is 496 g/mol. The van der Waals surface area contributed by atoms with Gasteiger partial charge in [-0.15, -0.1) is 0 Å². The zero-order valence-electron chi connectivity index (χ0n) is 20.9. The number of nitrogens with two attached hydrogens (primary N) is 1. The summed E-state index contributed by atoms with van der Waals surface area (Å²) in [5.41, 5.74) is 12.3. The van der Waals surface area contributed by atoms with E-state index in [1.165, 1.54) is 6.33 Å². The topological polar surface area (TPSA) is 110 Å². The Hall–Kier alpha value is -4.47. The first kappa shape index (κ1) is 23.0. The molecule has 2 amide bonds. The Bertz CT molecular complexity index is 1580. The highest BCUT2D eigenvalue weighted by molar-refractivity contribution is 5.92. The van der Waals surface area contributed by atoms with Crippen molar-refractivity contribution in [3.8, 4) is 11.1 Å². The maximum atomic E-state index is 12.4. The summed E-state index contributed by atoms with van der Waals surface area (Å²) in [7, 11) is 3.58. The third kappa shape index (κ3) is 4.24. The van der Waals surface area contributed by atoms with Gasteiger partial charge < -0.3 is 15.5 Å². The lowest BCUT2D eigenvalue weighted by atomic mass is 9.93. The molecule has 1 aliphatic rings. The number of amides is 2. The second-order valence-electron chi connectivity index (χ2n) is 9.79. The summed E-state index contributed by atoms with van der Waals surface area (Å²) in [6.07, 6.45) is 8.92. The van der Waals surface area contributed by atoms with Crippen molar-refractivity contribution >= 4 is 28.3 Å². The van der Waals surface area contributed by atoms with E-state index in [1.54, 1.807) is 25.2 Å². The lowest BCUT2D eigenvalue weighted by Gasteiger charge is -2.33. The number of urea groups is 1. The molecular weight excluding hydrogens is 466 g/mol. The second kappa shape index (κ2) is 9.20. The maximum Gasteiger partial charge on any atom is 0.319 e. The summed E-state index contributed by atoms with van der Waals surface area (Å²) in [5, 5.41) is 10.4. The molecule has 0 bridgehead atoms. The molecule has 5 aromatic rings. The fraction of sp³-hybridized carbons (Fsp3) is 0.296. The summed E-state index contributed by atoms with van der Waals surface area (Å²) in [6, 6.07) is 12.5. The lowest BCUT2D eigenvalue weighted by molar-refractivity contribution is 0.156. The summed E-state index contributed by atoms with van der Waals surface area (Å²) >= 11 is 0. The van der Waals surface area contributed by atoms with Gasteiger partial charge in [0.25, 0.3) is 0 Å². The van der Waals surface area contributed by atoms with Crippen molar-refractivity contribution < 1.29 is 4.79 Å². The van der Waals surface area contributed by atoms with Crippen molar-refractivity contribution in [2.45, 2.75) is 25.3 Å². The van der Waals surface area contributed by atoms with Gasteiger partial charge in [-0.05, 0) is 42.2 Å². The highest BCUT2D eigenvalue weighted by Gasteiger charge is 2.28. The van der Waals surface area contributed by atoms with Crippen LogP contribution in [0.4, 0.5) is 10.6 Å². The number of pyridine rings is 1. The molecule has 1 aliphatic heterocycles. The molecule has 1 fully saturated rings. The Morgan fingerprint density at radius 3 is 2.76 bits per heavy atom. The van der Waals surface area contributed by atoms with Crippen LogP contribution < -0.4 is 5.73 Å². The normalized spacial score (nSPS) is 14.5. The number of nitrogens with zero attached hydrogens (tertiary/aromatic N) is 8. The molecule has 0 atom stereocenters. The SMILES string of the molecule is CN(C)C(=O)N1CCC(c2cc(-c3ccc4cn(Cc5cccnc5)nc4c3)c3c(N)ncnn23)CC1. The van der Waals surface area contributed by atoms with Crippen LogP contribution in [0.5, 0.6) is 0 Å². The molecule has 2 N–H and O–H groups in total. The standard InChI is InChI=1S/C27H29N9O/c1-33(2)27(37)34-10-7-19(8-11-34)24-13-22(25-26(28)30-17-31-36(24)25)20-5-6-21-16-35(32-23(21)12-20)15-18-4-3-9-29-14-18/h3-6,9,12-14,16-17,19H,7-8,10-11,15H2,1-2H3,(H2,28,30,31). The Labute approximate surface area is 214 Å². The van der Waals surface area contributed by atoms with Gasteiger partial charge in [0.15, 0.2) is 5.82 Å². The van der Waals surface area contributed by atoms with Crippen molar-refractivity contribution in [1.29, 1.82) is 0 Å². The van der Waals surface area contributed by atoms with Crippen LogP contribution in [0.1, 0.15) is 30.0 Å². The quantitative estimate of drug-likeness (QED) is 0.408. The van der Waals surface area contributed by atoms with E-state index in [4.69, 9.17) is 10.8 Å². The lowest BCUT2D eigenvalue weighted by Crippen LogP contribution is -2.43. The van der Waals surface area contributed by atoms with Crippen LogP contribution in [0.15, 0.2) is 61.3 Å². The van der Waals surface area contributed by atoms with Gasteiger partial charge >= 0.3 is 6.03 Å². The van der Waals surface area contributed by atoms with E-state index in [1.807, 2.05) is 32.4 Å². The number of nitrogen functional groups attached to an aromatic ring is 1. The average Bonchev–Trinajstić information content (AvgIpc) is 3.50. The second-order valence-corrected chi connectivity index (χ2v) is 9.79. The molecule has 5 heterocycles. The summed E-state index contributed by atoms with van der Waals surface area (Å²) in [5.74, 6) is 0.711. The summed E-state index contributed by atoms with van der Waals surface area (Å²) in [6.45, 7) is 2.09. The van der Waals surface area contributed by atoms with Crippen LogP contribution in [0.25, 0.3) is 27.5 Å². The molecule has 4 aromatic heterocycles. The fourth-order valence-electron chi connectivity index (χ4n) is 5.25. The van der Waals surface area contributed by atoms with Crippen LogP contribution in [0.2, 0.25) is 0 Å². The number of benzene rings is 1. The summed E-state index contributed by atoms with van der Waals surface area (Å²) < 4.78 is 3.87. The Balaban J connectivity index is 1.34. The van der Waals surface area contributed by atoms with Gasteiger partial charge in [-0.25, -0.2) is 14.3 Å². The minimum absolute atomic E-state index is 0.0574. The Morgan fingerprint density at radius 2 is 2.00 bits per heavy atom. The third-order valence-electron chi connectivity index (χ3n) is 7.11. The number of anilines is 1. The number of piperidine rings is 1. The maximum absolute atomic E-state index is 12.4. The number of carbonyl (C=O) groups excluding carboxylic acids is 1. The van der Waals surface area contributed by atoms with Crippen LogP contribution in [0.3, 0.4) is 0 Å². The number of fused-ring (bicyclic) bond motifs is 2. The van der Waals surface area contributed by atoms with Gasteiger partial charge in [0.1, 0.15) is 11.8 Å². The highest BCUT2D eigenvalue weighted by atomic mass is 16.2. The molecule has 0 saturated carbocycles. The van der Waals surface area contributed by atoms with Crippen LogP contribution in [-0.2, 0) is 6.54 Å². The van der Waals surface area contributed by atoms with Crippen molar-refractivity contribution in [3.63, 3.8) is 0 Å². The smallest absolute Gasteiger partial charge is 0.319 e. The monoisotopic (exact) mass is 495 g/mol. The molecule has 188 valence electrons. The number of rotatable bonds is 4. The number of carbonyl (C=O) groups is 1. The minimum Gasteiger partial charge on any atom is -0.382 e. The van der Waals surface area contributed by atoms with E-state index in [9.17, 15) is 4.79 Å². The van der Waals surface area contributed by atoms with E-state index in [0.29, 0.717) is 25.5 Å². The molecule has 10 heteroatoms. The highest BCUT2D eigenvalue weighted by Crippen LogP contribution is 2.37. The van der Waals surface area contributed by atoms with Crippen molar-refractivity contribution in [2.24, 2.45) is 0 Å². The van der Waals surface area contributed by atoms with E-state index in [2.05, 4.69) is 45.5 Å². The zero-order valence-corrected chi connectivity index (χ0v) is 20.9. The largest absolute Gasteiger partial charge is 0.382 e. The first-order valence-electron chi connectivity index (χ1n) is 12.4. The molecule has 1 saturated heterocycles. The summed E-state index contributed by atoms with van der Waals surface area (Å²) in [4.78, 5) is 24.4. The van der Waals surface area contributed by atoms with Crippen LogP contribution in [0, 0.1) is 0 Å². The molecular formula is C27H29N9O. The van der Waals surface area contributed by atoms with Gasteiger partial charge in [-0.2, -0.15) is 10.2 Å². The van der Waals surface area contributed by atoms with E-state index < -0.39 is 0 Å². The van der Waals surface area contributed by atoms with Gasteiger partial charge in [-0.1, -0.05) is 18.2 Å². The van der Waals surface area contributed by atoms with Crippen molar-refractivity contribution in [3.05, 3.63) is 72.6 Å². The number of aromatic nitrogens is 6. The molecule has 0 unspecified atom stereocenters. The third-order valence-corrected chi connectivity index (χ3v) is 7.11. The Morgan fingerprint density at radius 1 is 1.16 bits per heavy atom. The van der Waals surface area contributed by atoms with Crippen molar-refractivity contribution in [2.75, 3.05) is 32.9 Å². The van der Waals surface area contributed by atoms with E-state index in [-0.39, 0.29) is 11.9 Å². The first-order valence-corrected chi connectivity index (χ1v) is 12.4. The van der Waals surface area contributed by atoms with Gasteiger partial charge in [0.05, 0.1) is 12.1 Å². The number of likely N-dealkylation sites (tertiary alicyclic amines) is 1. The number of hydrogen-bond donors (Lipinski definition) is 1. The predicted octanol–water partition coefficient (Wildman–Crippen LogP) is 3.63. The van der Waals surface area contributed by atoms with Gasteiger partial charge in [-0.3, -0.25) is 9.67 Å². The molecule has 0 spiro atoms. The van der Waals surface area contributed by atoms with Crippen molar-refractivity contribution in [1.82, 2.24) is 39.2 Å². The molecule has 0 aliphatic carbocycles. The van der Waals surface area contributed by atoms with Gasteiger partial charge in [0, 0.05) is 68.3 Å². The van der Waals surface area contributed by atoms with E-state index in [0.717, 1.165) is 51.6 Å². The fourth-order valence-corrected chi connectivity index (χ4v) is 5.25. The van der Waals surface area contributed by atoms with Crippen LogP contribution >= 0.6 is 0 Å². The minimum atomic E-state index is 0.0574. The molecule has 1 aromatic carbocycles. The van der Waals surface area contributed by atoms with Crippen LogP contribution in [-0.4, -0.2) is 72.4 Å². The molecule has 10 nitrogen and oxygen atoms in total. The van der Waals surface area contributed by atoms with Gasteiger partial charge in [0.2, 0.25) is 0 Å². The first-order chi connectivity index (χ1) is 18.0. The molecule has 0 radical (unpaired) electrons. The number of hydrogen-bond acceptors (Lipinski definition) is 6. The predicted molar refractivity (Wildman–Crippen MR) is 142 cm³/mol. The van der Waals surface area contributed by atoms with E-state index >= 15 is 0 Å². The zero-order chi connectivity index (χ0) is 25.5. The Kier molecular flexibility index (Phi) is 5.71.